The molecule has 0 aliphatic rings. The van der Waals surface area contributed by atoms with Gasteiger partial charge in [-0.15, -0.1) is 0 Å². The van der Waals surface area contributed by atoms with Crippen molar-refractivity contribution < 1.29 is 13.2 Å². The monoisotopic (exact) mass is 386 g/mol. The fourth-order valence-electron chi connectivity index (χ4n) is 2.72. The topological polar surface area (TPSA) is 84.3 Å². The average molecular weight is 386 g/mol. The van der Waals surface area contributed by atoms with Crippen LogP contribution in [0.5, 0.6) is 0 Å². The third-order valence-electron chi connectivity index (χ3n) is 4.35. The van der Waals surface area contributed by atoms with Crippen LogP contribution in [0.15, 0.2) is 53.7 Å². The number of nitrogens with zero attached hydrogens (tertiary/aromatic N) is 3. The molecule has 1 heterocycles. The standard InChI is InChI=1S/C19H22N4O3S/c1-22(2)27(25,26)16-8-4-14(5-9-16)6-11-19(24)21-15-7-10-17-18(12-15)23(3)13-20-17/h4-5,7-10,12-13H,6,11H2,1-3H3,(H,21,24). The van der Waals surface area contributed by atoms with Crippen LogP contribution >= 0.6 is 0 Å². The average Bonchev–Trinajstić information content (AvgIpc) is 3.01. The lowest BCUT2D eigenvalue weighted by atomic mass is 10.1. The quantitative estimate of drug-likeness (QED) is 0.705. The van der Waals surface area contributed by atoms with Gasteiger partial charge in [-0.1, -0.05) is 12.1 Å². The van der Waals surface area contributed by atoms with Crippen molar-refractivity contribution in [1.29, 1.82) is 0 Å². The number of nitrogens with one attached hydrogen (secondary N) is 1. The van der Waals surface area contributed by atoms with Crippen molar-refractivity contribution in [2.24, 2.45) is 7.05 Å². The minimum Gasteiger partial charge on any atom is -0.334 e. The number of anilines is 1. The third-order valence-corrected chi connectivity index (χ3v) is 6.18. The number of hydrogen-bond donors (Lipinski definition) is 1. The second-order valence-corrected chi connectivity index (χ2v) is 8.69. The minimum atomic E-state index is -3.44. The molecule has 7 nitrogen and oxygen atoms in total. The zero-order chi connectivity index (χ0) is 19.6. The Bertz CT molecular complexity index is 1070. The first kappa shape index (κ1) is 19.1. The first-order chi connectivity index (χ1) is 12.8. The van der Waals surface area contributed by atoms with Gasteiger partial charge in [0.15, 0.2) is 0 Å². The highest BCUT2D eigenvalue weighted by molar-refractivity contribution is 7.89. The number of rotatable bonds is 6. The highest BCUT2D eigenvalue weighted by atomic mass is 32.2. The molecule has 3 rings (SSSR count). The van der Waals surface area contributed by atoms with Crippen molar-refractivity contribution in [3.8, 4) is 0 Å². The minimum absolute atomic E-state index is 0.0958. The molecule has 0 bridgehead atoms. The van der Waals surface area contributed by atoms with Crippen LogP contribution < -0.4 is 5.32 Å². The van der Waals surface area contributed by atoms with Gasteiger partial charge in [-0.05, 0) is 42.3 Å². The van der Waals surface area contributed by atoms with Crippen LogP contribution in [-0.4, -0.2) is 42.3 Å². The van der Waals surface area contributed by atoms with Crippen LogP contribution in [0.3, 0.4) is 0 Å². The van der Waals surface area contributed by atoms with Crippen molar-refractivity contribution in [1.82, 2.24) is 13.9 Å². The maximum Gasteiger partial charge on any atom is 0.242 e. The second-order valence-electron chi connectivity index (χ2n) is 6.54. The summed E-state index contributed by atoms with van der Waals surface area (Å²) in [6, 6.07) is 12.2. The molecule has 3 aromatic rings. The summed E-state index contributed by atoms with van der Waals surface area (Å²) in [7, 11) is 1.46. The number of aryl methyl sites for hydroxylation is 2. The van der Waals surface area contributed by atoms with Crippen molar-refractivity contribution in [3.63, 3.8) is 0 Å². The van der Waals surface area contributed by atoms with Crippen LogP contribution in [0.25, 0.3) is 11.0 Å². The van der Waals surface area contributed by atoms with E-state index in [4.69, 9.17) is 0 Å². The molecule has 0 unspecified atom stereocenters. The van der Waals surface area contributed by atoms with Gasteiger partial charge in [0.2, 0.25) is 15.9 Å². The zero-order valence-corrected chi connectivity index (χ0v) is 16.3. The van der Waals surface area contributed by atoms with Gasteiger partial charge in [0.1, 0.15) is 0 Å². The van der Waals surface area contributed by atoms with Crippen molar-refractivity contribution in [2.75, 3.05) is 19.4 Å². The number of benzene rings is 2. The smallest absolute Gasteiger partial charge is 0.242 e. The van der Waals surface area contributed by atoms with E-state index in [1.807, 2.05) is 29.8 Å². The lowest BCUT2D eigenvalue weighted by molar-refractivity contribution is -0.116. The summed E-state index contributed by atoms with van der Waals surface area (Å²) in [5.41, 5.74) is 3.46. The van der Waals surface area contributed by atoms with Gasteiger partial charge >= 0.3 is 0 Å². The normalized spacial score (nSPS) is 11.9. The summed E-state index contributed by atoms with van der Waals surface area (Å²) in [5.74, 6) is -0.0958. The summed E-state index contributed by atoms with van der Waals surface area (Å²) in [6.07, 6.45) is 2.57. The van der Waals surface area contributed by atoms with E-state index in [9.17, 15) is 13.2 Å². The molecule has 1 aromatic heterocycles. The highest BCUT2D eigenvalue weighted by Gasteiger charge is 2.16. The maximum absolute atomic E-state index is 12.2. The second kappa shape index (κ2) is 7.50. The molecule has 142 valence electrons. The number of fused-ring (bicyclic) bond motifs is 1. The van der Waals surface area contributed by atoms with E-state index in [-0.39, 0.29) is 10.8 Å². The first-order valence-corrected chi connectivity index (χ1v) is 9.94. The maximum atomic E-state index is 12.2. The van der Waals surface area contributed by atoms with Gasteiger partial charge in [-0.2, -0.15) is 0 Å². The summed E-state index contributed by atoms with van der Waals surface area (Å²) < 4.78 is 27.2. The number of carbonyl (C=O) groups is 1. The van der Waals surface area contributed by atoms with E-state index in [0.29, 0.717) is 12.8 Å². The summed E-state index contributed by atoms with van der Waals surface area (Å²) in [6.45, 7) is 0. The molecular formula is C19H22N4O3S. The van der Waals surface area contributed by atoms with E-state index < -0.39 is 10.0 Å². The lowest BCUT2D eigenvalue weighted by Gasteiger charge is -2.11. The van der Waals surface area contributed by atoms with Crippen LogP contribution in [0.4, 0.5) is 5.69 Å². The van der Waals surface area contributed by atoms with E-state index in [1.54, 1.807) is 30.6 Å². The van der Waals surface area contributed by atoms with Gasteiger partial charge in [0, 0.05) is 33.3 Å². The number of amides is 1. The summed E-state index contributed by atoms with van der Waals surface area (Å²) >= 11 is 0. The molecule has 8 heteroatoms. The molecule has 1 amide bonds. The largest absolute Gasteiger partial charge is 0.334 e. The molecule has 1 N–H and O–H groups in total. The Hall–Kier alpha value is -2.71. The number of sulfonamides is 1. The first-order valence-electron chi connectivity index (χ1n) is 8.50. The molecule has 0 spiro atoms. The Kier molecular flexibility index (Phi) is 5.29. The molecule has 0 fully saturated rings. The molecule has 0 aliphatic heterocycles. The van der Waals surface area contributed by atoms with E-state index >= 15 is 0 Å². The van der Waals surface area contributed by atoms with Crippen molar-refractivity contribution in [2.45, 2.75) is 17.7 Å². The summed E-state index contributed by atoms with van der Waals surface area (Å²) in [5, 5.41) is 2.89. The molecule has 0 radical (unpaired) electrons. The SMILES string of the molecule is CN(C)S(=O)(=O)c1ccc(CCC(=O)Nc2ccc3ncn(C)c3c2)cc1. The van der Waals surface area contributed by atoms with E-state index in [2.05, 4.69) is 10.3 Å². The van der Waals surface area contributed by atoms with E-state index in [1.165, 1.54) is 18.4 Å². The molecule has 2 aromatic carbocycles. The number of imidazole rings is 1. The lowest BCUT2D eigenvalue weighted by Crippen LogP contribution is -2.22. The third kappa shape index (κ3) is 4.17. The fourth-order valence-corrected chi connectivity index (χ4v) is 3.63. The van der Waals surface area contributed by atoms with Gasteiger partial charge < -0.3 is 9.88 Å². The molecule has 27 heavy (non-hydrogen) atoms. The predicted octanol–water partition coefficient (Wildman–Crippen LogP) is 2.39. The molecule has 0 atom stereocenters. The Morgan fingerprint density at radius 2 is 1.85 bits per heavy atom. The van der Waals surface area contributed by atoms with E-state index in [0.717, 1.165) is 22.3 Å². The Morgan fingerprint density at radius 1 is 1.15 bits per heavy atom. The van der Waals surface area contributed by atoms with Crippen LogP contribution in [0.1, 0.15) is 12.0 Å². The zero-order valence-electron chi connectivity index (χ0n) is 15.5. The Labute approximate surface area is 158 Å². The van der Waals surface area contributed by atoms with Gasteiger partial charge in [0.25, 0.3) is 0 Å². The Morgan fingerprint density at radius 3 is 2.52 bits per heavy atom. The summed E-state index contributed by atoms with van der Waals surface area (Å²) in [4.78, 5) is 16.7. The van der Waals surface area contributed by atoms with Crippen LogP contribution in [-0.2, 0) is 28.3 Å². The van der Waals surface area contributed by atoms with Crippen molar-refractivity contribution in [3.05, 3.63) is 54.4 Å². The van der Waals surface area contributed by atoms with Crippen LogP contribution in [0, 0.1) is 0 Å². The number of aromatic nitrogens is 2. The van der Waals surface area contributed by atoms with Gasteiger partial charge in [-0.25, -0.2) is 17.7 Å². The molecule has 0 saturated carbocycles. The predicted molar refractivity (Wildman–Crippen MR) is 105 cm³/mol. The number of carbonyl (C=O) groups excluding carboxylic acids is 1. The molecule has 0 saturated heterocycles. The van der Waals surface area contributed by atoms with Gasteiger partial charge in [0.05, 0.1) is 22.3 Å². The highest BCUT2D eigenvalue weighted by Crippen LogP contribution is 2.18. The molecule has 0 aliphatic carbocycles. The molecular weight excluding hydrogens is 364 g/mol. The number of hydrogen-bond acceptors (Lipinski definition) is 4. The Balaban J connectivity index is 1.61. The van der Waals surface area contributed by atoms with Gasteiger partial charge in [-0.3, -0.25) is 4.79 Å². The fraction of sp³-hybridized carbons (Fsp3) is 0.263. The van der Waals surface area contributed by atoms with Crippen molar-refractivity contribution >= 4 is 32.7 Å². The van der Waals surface area contributed by atoms with Crippen LogP contribution in [0.2, 0.25) is 0 Å².